The Hall–Kier alpha value is -1.88. The molecule has 0 amide bonds. The van der Waals surface area contributed by atoms with Gasteiger partial charge in [-0.3, -0.25) is 0 Å². The smallest absolute Gasteiger partial charge is 0.159 e. The summed E-state index contributed by atoms with van der Waals surface area (Å²) in [5.41, 5.74) is 1.80. The lowest BCUT2D eigenvalue weighted by Gasteiger charge is -2.20. The number of rotatable bonds is 3. The normalized spacial score (nSPS) is 17.4. The molecule has 1 aliphatic heterocycles. The van der Waals surface area contributed by atoms with E-state index in [0.29, 0.717) is 16.1 Å². The molecule has 1 N–H and O–H groups in total. The second kappa shape index (κ2) is 6.79. The Balaban J connectivity index is 1.85. The van der Waals surface area contributed by atoms with Crippen LogP contribution in [0.15, 0.2) is 42.5 Å². The van der Waals surface area contributed by atoms with Crippen LogP contribution in [-0.4, -0.2) is 36.4 Å². The summed E-state index contributed by atoms with van der Waals surface area (Å²) in [5.74, 6) is 0.919. The number of halogens is 2. The van der Waals surface area contributed by atoms with Gasteiger partial charge in [0.15, 0.2) is 5.82 Å². The van der Waals surface area contributed by atoms with Crippen molar-refractivity contribution in [3.8, 4) is 11.3 Å². The largest absolute Gasteiger partial charge is 0.353 e. The van der Waals surface area contributed by atoms with Gasteiger partial charge < -0.3 is 10.2 Å². The van der Waals surface area contributed by atoms with E-state index in [1.54, 1.807) is 0 Å². The molecule has 6 heteroatoms. The van der Waals surface area contributed by atoms with E-state index in [1.807, 2.05) is 49.5 Å². The topological polar surface area (TPSA) is 41.0 Å². The third-order valence-electron chi connectivity index (χ3n) is 4.74. The maximum Gasteiger partial charge on any atom is 0.159 e. The number of nitrogens with zero attached hydrogens (tertiary/aromatic N) is 3. The summed E-state index contributed by atoms with van der Waals surface area (Å²) in [5, 5.41) is 15.9. The molecule has 2 heterocycles. The maximum absolute atomic E-state index is 6.27. The second-order valence-corrected chi connectivity index (χ2v) is 7.16. The molecule has 1 aromatic heterocycles. The fourth-order valence-electron chi connectivity index (χ4n) is 3.36. The van der Waals surface area contributed by atoms with Crippen LogP contribution in [0.3, 0.4) is 0 Å². The van der Waals surface area contributed by atoms with Gasteiger partial charge in [-0.15, -0.1) is 10.2 Å². The van der Waals surface area contributed by atoms with E-state index in [9.17, 15) is 0 Å². The Kier molecular flexibility index (Phi) is 4.50. The third kappa shape index (κ3) is 3.17. The molecular weight excluding hydrogens is 355 g/mol. The van der Waals surface area contributed by atoms with Crippen LogP contribution >= 0.6 is 23.2 Å². The zero-order valence-corrected chi connectivity index (χ0v) is 15.3. The molecule has 1 aliphatic rings. The highest BCUT2D eigenvalue weighted by molar-refractivity contribution is 6.31. The van der Waals surface area contributed by atoms with Crippen molar-refractivity contribution in [3.63, 3.8) is 0 Å². The average Bonchev–Trinajstić information content (AvgIpc) is 3.10. The third-order valence-corrected chi connectivity index (χ3v) is 5.22. The van der Waals surface area contributed by atoms with Gasteiger partial charge in [-0.05, 0) is 43.8 Å². The Morgan fingerprint density at radius 2 is 1.76 bits per heavy atom. The van der Waals surface area contributed by atoms with Gasteiger partial charge in [0, 0.05) is 45.5 Å². The van der Waals surface area contributed by atoms with E-state index >= 15 is 0 Å². The molecule has 3 aromatic rings. The van der Waals surface area contributed by atoms with Crippen LogP contribution in [-0.2, 0) is 0 Å². The van der Waals surface area contributed by atoms with E-state index in [0.717, 1.165) is 47.4 Å². The van der Waals surface area contributed by atoms with Crippen molar-refractivity contribution < 1.29 is 0 Å². The van der Waals surface area contributed by atoms with Crippen molar-refractivity contribution in [1.29, 1.82) is 0 Å². The quantitative estimate of drug-likeness (QED) is 0.739. The number of likely N-dealkylation sites (N-methyl/N-ethyl adjacent to an activating group) is 1. The monoisotopic (exact) mass is 372 g/mol. The molecule has 0 bridgehead atoms. The Morgan fingerprint density at radius 1 is 1.00 bits per heavy atom. The van der Waals surface area contributed by atoms with Crippen LogP contribution in [0.25, 0.3) is 22.0 Å². The second-order valence-electron chi connectivity index (χ2n) is 6.29. The molecular formula is C19H18Cl2N4. The average molecular weight is 373 g/mol. The molecule has 0 spiro atoms. The molecule has 0 aliphatic carbocycles. The molecule has 1 fully saturated rings. The van der Waals surface area contributed by atoms with Crippen molar-refractivity contribution in [3.05, 3.63) is 52.5 Å². The highest BCUT2D eigenvalue weighted by atomic mass is 35.5. The lowest BCUT2D eigenvalue weighted by Crippen LogP contribution is -2.30. The highest BCUT2D eigenvalue weighted by Gasteiger charge is 2.24. The van der Waals surface area contributed by atoms with Crippen LogP contribution in [0.5, 0.6) is 0 Å². The van der Waals surface area contributed by atoms with E-state index in [-0.39, 0.29) is 0 Å². The van der Waals surface area contributed by atoms with Gasteiger partial charge in [-0.1, -0.05) is 35.3 Å². The number of anilines is 1. The molecule has 1 atom stereocenters. The predicted molar refractivity (Wildman–Crippen MR) is 105 cm³/mol. The van der Waals surface area contributed by atoms with E-state index in [4.69, 9.17) is 23.2 Å². The lowest BCUT2D eigenvalue weighted by atomic mass is 10.0. The summed E-state index contributed by atoms with van der Waals surface area (Å²) in [7, 11) is 2.00. The first-order valence-corrected chi connectivity index (χ1v) is 9.05. The molecule has 2 aromatic carbocycles. The van der Waals surface area contributed by atoms with Crippen LogP contribution < -0.4 is 10.2 Å². The molecule has 0 radical (unpaired) electrons. The summed E-state index contributed by atoms with van der Waals surface area (Å²) in [6.07, 6.45) is 1.10. The number of hydrogen-bond acceptors (Lipinski definition) is 4. The number of benzene rings is 2. The molecule has 4 nitrogen and oxygen atoms in total. The van der Waals surface area contributed by atoms with Crippen LogP contribution in [0.1, 0.15) is 6.42 Å². The molecule has 0 saturated carbocycles. The minimum absolute atomic E-state index is 0.486. The lowest BCUT2D eigenvalue weighted by molar-refractivity contribution is 0.616. The van der Waals surface area contributed by atoms with E-state index in [1.165, 1.54) is 0 Å². The van der Waals surface area contributed by atoms with Crippen LogP contribution in [0, 0.1) is 0 Å². The van der Waals surface area contributed by atoms with Crippen molar-refractivity contribution in [2.75, 3.05) is 25.0 Å². The molecule has 25 heavy (non-hydrogen) atoms. The van der Waals surface area contributed by atoms with Gasteiger partial charge in [0.1, 0.15) is 5.69 Å². The van der Waals surface area contributed by atoms with Gasteiger partial charge in [0.25, 0.3) is 0 Å². The standard InChI is InChI=1S/C19H18Cl2N4/c1-22-15-8-9-25(11-15)19-16-7-6-14(21)10-17(16)18(23-24-19)12-2-4-13(20)5-3-12/h2-7,10,15,22H,8-9,11H2,1H3. The minimum Gasteiger partial charge on any atom is -0.353 e. The fourth-order valence-corrected chi connectivity index (χ4v) is 3.65. The van der Waals surface area contributed by atoms with Gasteiger partial charge >= 0.3 is 0 Å². The Bertz CT molecular complexity index is 911. The van der Waals surface area contributed by atoms with Crippen molar-refractivity contribution in [2.45, 2.75) is 12.5 Å². The van der Waals surface area contributed by atoms with Crippen LogP contribution in [0.2, 0.25) is 10.0 Å². The summed E-state index contributed by atoms with van der Waals surface area (Å²) in [6.45, 7) is 1.90. The van der Waals surface area contributed by atoms with Crippen LogP contribution in [0.4, 0.5) is 5.82 Å². The number of hydrogen-bond donors (Lipinski definition) is 1. The minimum atomic E-state index is 0.486. The van der Waals surface area contributed by atoms with Gasteiger partial charge in [-0.25, -0.2) is 0 Å². The van der Waals surface area contributed by atoms with E-state index < -0.39 is 0 Å². The van der Waals surface area contributed by atoms with Gasteiger partial charge in [0.2, 0.25) is 0 Å². The van der Waals surface area contributed by atoms with E-state index in [2.05, 4.69) is 20.4 Å². The zero-order chi connectivity index (χ0) is 17.4. The van der Waals surface area contributed by atoms with Crippen molar-refractivity contribution in [1.82, 2.24) is 15.5 Å². The molecule has 4 rings (SSSR count). The summed E-state index contributed by atoms with van der Waals surface area (Å²) < 4.78 is 0. The number of nitrogens with one attached hydrogen (secondary N) is 1. The first-order chi connectivity index (χ1) is 12.2. The summed E-state index contributed by atoms with van der Waals surface area (Å²) in [4.78, 5) is 2.29. The van der Waals surface area contributed by atoms with Gasteiger partial charge in [0.05, 0.1) is 0 Å². The van der Waals surface area contributed by atoms with Gasteiger partial charge in [-0.2, -0.15) is 0 Å². The first-order valence-electron chi connectivity index (χ1n) is 8.30. The summed E-state index contributed by atoms with van der Waals surface area (Å²) in [6, 6.07) is 14.0. The Morgan fingerprint density at radius 3 is 2.48 bits per heavy atom. The molecule has 1 unspecified atom stereocenters. The highest BCUT2D eigenvalue weighted by Crippen LogP contribution is 2.34. The summed E-state index contributed by atoms with van der Waals surface area (Å²) >= 11 is 12.3. The Labute approximate surface area is 156 Å². The number of fused-ring (bicyclic) bond motifs is 1. The zero-order valence-electron chi connectivity index (χ0n) is 13.8. The first kappa shape index (κ1) is 16.6. The SMILES string of the molecule is CNC1CCN(c2nnc(-c3ccc(Cl)cc3)c3cc(Cl)ccc23)C1. The van der Waals surface area contributed by atoms with Crippen molar-refractivity contribution >= 4 is 39.8 Å². The van der Waals surface area contributed by atoms with Crippen molar-refractivity contribution in [2.24, 2.45) is 0 Å². The fraction of sp³-hybridized carbons (Fsp3) is 0.263. The predicted octanol–water partition coefficient (Wildman–Crippen LogP) is 4.40. The maximum atomic E-state index is 6.27. The molecule has 1 saturated heterocycles. The molecule has 128 valence electrons. The number of aromatic nitrogens is 2.